The fourth-order valence-electron chi connectivity index (χ4n) is 4.15. The number of rotatable bonds is 10. The second-order valence-electron chi connectivity index (χ2n) is 9.90. The quantitative estimate of drug-likeness (QED) is 0.282. The van der Waals surface area contributed by atoms with Crippen LogP contribution in [0.5, 0.6) is 0 Å². The molecule has 0 saturated carbocycles. The van der Waals surface area contributed by atoms with Crippen LogP contribution in [0.25, 0.3) is 6.08 Å². The molecule has 0 radical (unpaired) electrons. The van der Waals surface area contributed by atoms with Gasteiger partial charge in [0.2, 0.25) is 0 Å². The summed E-state index contributed by atoms with van der Waals surface area (Å²) in [5.74, 6) is -0.657. The first-order valence-electron chi connectivity index (χ1n) is 11.8. The molecule has 0 aliphatic carbocycles. The lowest BCUT2D eigenvalue weighted by atomic mass is 10.1. The monoisotopic (exact) mass is 491 g/mol. The van der Waals surface area contributed by atoms with Crippen LogP contribution in [0, 0.1) is 37.0 Å². The Labute approximate surface area is 203 Å². The van der Waals surface area contributed by atoms with Crippen LogP contribution in [0.1, 0.15) is 57.5 Å². The lowest BCUT2D eigenvalue weighted by molar-refractivity contribution is -0.149. The number of carbonyl (C=O) groups is 2. The van der Waals surface area contributed by atoms with Gasteiger partial charge in [0.1, 0.15) is 11.6 Å². The molecule has 9 heteroatoms. The number of hydrogen-bond donors (Lipinski definition) is 0. The van der Waals surface area contributed by atoms with E-state index < -0.39 is 34.4 Å². The fraction of sp³-hybridized carbons (Fsp3) is 0.640. The third-order valence-corrected chi connectivity index (χ3v) is 7.79. The van der Waals surface area contributed by atoms with Gasteiger partial charge >= 0.3 is 5.97 Å². The van der Waals surface area contributed by atoms with Gasteiger partial charge in [-0.15, -0.1) is 0 Å². The fourth-order valence-corrected chi connectivity index (χ4v) is 5.89. The summed E-state index contributed by atoms with van der Waals surface area (Å²) < 4.78 is 31.1. The van der Waals surface area contributed by atoms with E-state index >= 15 is 0 Å². The lowest BCUT2D eigenvalue weighted by Crippen LogP contribution is -2.45. The summed E-state index contributed by atoms with van der Waals surface area (Å²) in [6, 6.07) is 3.39. The van der Waals surface area contributed by atoms with Crippen molar-refractivity contribution >= 4 is 27.8 Å². The molecule has 1 aliphatic heterocycles. The van der Waals surface area contributed by atoms with Gasteiger partial charge in [0, 0.05) is 30.5 Å². The standard InChI is InChI=1S/C25H37N3O5S/c1-17(2)7-9-27-19(5)11-21(20(27)6)12-22(13-26)25(30)33-15-24(29)28(14-18(3)4)23-8-10-34(31,32)16-23/h11-12,17-18,23H,7-10,14-16H2,1-6H3/b22-12+. The third-order valence-electron chi connectivity index (χ3n) is 6.04. The lowest BCUT2D eigenvalue weighted by Gasteiger charge is -2.29. The highest BCUT2D eigenvalue weighted by Crippen LogP contribution is 2.21. The Hall–Kier alpha value is -2.60. The summed E-state index contributed by atoms with van der Waals surface area (Å²) in [7, 11) is -3.16. The van der Waals surface area contributed by atoms with Gasteiger partial charge in [-0.1, -0.05) is 27.7 Å². The minimum absolute atomic E-state index is 0.0518. The molecule has 1 unspecified atom stereocenters. The van der Waals surface area contributed by atoms with Crippen molar-refractivity contribution in [2.45, 2.75) is 67.0 Å². The average Bonchev–Trinajstić information content (AvgIpc) is 3.24. The number of esters is 1. The van der Waals surface area contributed by atoms with Crippen molar-refractivity contribution in [1.82, 2.24) is 9.47 Å². The smallest absolute Gasteiger partial charge is 0.349 e. The molecule has 8 nitrogen and oxygen atoms in total. The van der Waals surface area contributed by atoms with Crippen molar-refractivity contribution in [1.29, 1.82) is 5.26 Å². The first kappa shape index (κ1) is 27.6. The van der Waals surface area contributed by atoms with Crippen molar-refractivity contribution in [3.05, 3.63) is 28.6 Å². The first-order valence-corrected chi connectivity index (χ1v) is 13.6. The minimum atomic E-state index is -3.16. The number of amides is 1. The second-order valence-corrected chi connectivity index (χ2v) is 12.1. The highest BCUT2D eigenvalue weighted by molar-refractivity contribution is 7.91. The van der Waals surface area contributed by atoms with Crippen LogP contribution in [0.2, 0.25) is 0 Å². The molecule has 2 heterocycles. The van der Waals surface area contributed by atoms with Crippen molar-refractivity contribution < 1.29 is 22.7 Å². The van der Waals surface area contributed by atoms with Gasteiger partial charge in [-0.2, -0.15) is 5.26 Å². The van der Waals surface area contributed by atoms with Gasteiger partial charge in [0.05, 0.1) is 11.5 Å². The Morgan fingerprint density at radius 1 is 1.26 bits per heavy atom. The zero-order chi connectivity index (χ0) is 25.6. The molecule has 0 aromatic carbocycles. The van der Waals surface area contributed by atoms with E-state index in [1.807, 2.05) is 39.8 Å². The SMILES string of the molecule is Cc1cc(/C=C(\C#N)C(=O)OCC(=O)N(CC(C)C)C2CCS(=O)(=O)C2)c(C)n1CCC(C)C. The Bertz CT molecular complexity index is 1080. The van der Waals surface area contributed by atoms with Gasteiger partial charge in [-0.25, -0.2) is 13.2 Å². The minimum Gasteiger partial charge on any atom is -0.451 e. The second kappa shape index (κ2) is 11.7. The van der Waals surface area contributed by atoms with E-state index in [0.29, 0.717) is 18.9 Å². The molecule has 1 fully saturated rings. The normalized spacial score (nSPS) is 17.7. The maximum Gasteiger partial charge on any atom is 0.349 e. The van der Waals surface area contributed by atoms with Crippen molar-refractivity contribution in [2.75, 3.05) is 24.7 Å². The topological polar surface area (TPSA) is 109 Å². The highest BCUT2D eigenvalue weighted by atomic mass is 32.2. The van der Waals surface area contributed by atoms with E-state index in [9.17, 15) is 23.3 Å². The molecule has 1 amide bonds. The number of nitriles is 1. The average molecular weight is 492 g/mol. The number of nitrogens with zero attached hydrogens (tertiary/aromatic N) is 3. The van der Waals surface area contributed by atoms with Gasteiger partial charge in [-0.05, 0) is 56.2 Å². The molecule has 0 spiro atoms. The number of ether oxygens (including phenoxy) is 1. The Balaban J connectivity index is 2.11. The van der Waals surface area contributed by atoms with Gasteiger partial charge in [0.25, 0.3) is 5.91 Å². The number of aryl methyl sites for hydroxylation is 1. The van der Waals surface area contributed by atoms with Crippen molar-refractivity contribution in [2.24, 2.45) is 11.8 Å². The van der Waals surface area contributed by atoms with E-state index in [0.717, 1.165) is 29.9 Å². The van der Waals surface area contributed by atoms with E-state index in [2.05, 4.69) is 18.4 Å². The molecule has 2 rings (SSSR count). The van der Waals surface area contributed by atoms with Crippen LogP contribution in [0.4, 0.5) is 0 Å². The van der Waals surface area contributed by atoms with Crippen LogP contribution >= 0.6 is 0 Å². The van der Waals surface area contributed by atoms with Crippen molar-refractivity contribution in [3.63, 3.8) is 0 Å². The number of hydrogen-bond acceptors (Lipinski definition) is 6. The first-order chi connectivity index (χ1) is 15.8. The molecule has 188 valence electrons. The van der Waals surface area contributed by atoms with Gasteiger partial charge in [-0.3, -0.25) is 4.79 Å². The predicted molar refractivity (Wildman–Crippen MR) is 132 cm³/mol. The largest absolute Gasteiger partial charge is 0.451 e. The highest BCUT2D eigenvalue weighted by Gasteiger charge is 2.35. The summed E-state index contributed by atoms with van der Waals surface area (Å²) >= 11 is 0. The number of sulfone groups is 1. The summed E-state index contributed by atoms with van der Waals surface area (Å²) in [6.07, 6.45) is 2.89. The maximum atomic E-state index is 12.8. The van der Waals surface area contributed by atoms with Crippen LogP contribution in [0.15, 0.2) is 11.6 Å². The van der Waals surface area contributed by atoms with Crippen LogP contribution < -0.4 is 0 Å². The molecule has 34 heavy (non-hydrogen) atoms. The maximum absolute atomic E-state index is 12.8. The van der Waals surface area contributed by atoms with E-state index in [1.165, 1.54) is 11.0 Å². The molecule has 0 N–H and O–H groups in total. The van der Waals surface area contributed by atoms with Crippen LogP contribution in [-0.2, 0) is 30.7 Å². The summed E-state index contributed by atoms with van der Waals surface area (Å²) in [5.41, 5.74) is 2.58. The summed E-state index contributed by atoms with van der Waals surface area (Å²) in [6.45, 7) is 12.8. The molecule has 1 aromatic heterocycles. The van der Waals surface area contributed by atoms with Crippen molar-refractivity contribution in [3.8, 4) is 6.07 Å². The molecule has 1 aliphatic rings. The Morgan fingerprint density at radius 2 is 1.94 bits per heavy atom. The number of carbonyl (C=O) groups excluding carboxylic acids is 2. The van der Waals surface area contributed by atoms with E-state index in [-0.39, 0.29) is 23.0 Å². The molecule has 0 bridgehead atoms. The Morgan fingerprint density at radius 3 is 2.47 bits per heavy atom. The Kier molecular flexibility index (Phi) is 9.51. The molecular formula is C25H37N3O5S. The third kappa shape index (κ3) is 7.45. The molecule has 1 atom stereocenters. The summed E-state index contributed by atoms with van der Waals surface area (Å²) in [5, 5.41) is 9.54. The summed E-state index contributed by atoms with van der Waals surface area (Å²) in [4.78, 5) is 26.9. The van der Waals surface area contributed by atoms with Gasteiger partial charge in [0.15, 0.2) is 16.4 Å². The number of aromatic nitrogens is 1. The predicted octanol–water partition coefficient (Wildman–Crippen LogP) is 3.27. The van der Waals surface area contributed by atoms with Gasteiger partial charge < -0.3 is 14.2 Å². The van der Waals surface area contributed by atoms with E-state index in [1.54, 1.807) is 0 Å². The van der Waals surface area contributed by atoms with Crippen LogP contribution in [0.3, 0.4) is 0 Å². The zero-order valence-electron chi connectivity index (χ0n) is 21.1. The molecular weight excluding hydrogens is 454 g/mol. The zero-order valence-corrected chi connectivity index (χ0v) is 21.9. The van der Waals surface area contributed by atoms with Crippen LogP contribution in [-0.4, -0.2) is 60.5 Å². The molecule has 1 saturated heterocycles. The molecule has 1 aromatic rings. The van der Waals surface area contributed by atoms with E-state index in [4.69, 9.17) is 4.74 Å².